The van der Waals surface area contributed by atoms with Crippen LogP contribution in [0.3, 0.4) is 0 Å². The first-order valence-electron chi connectivity index (χ1n) is 11.1. The molecule has 0 radical (unpaired) electrons. The molecule has 7 nitrogen and oxygen atoms in total. The van der Waals surface area contributed by atoms with Gasteiger partial charge in [-0.05, 0) is 54.4 Å². The van der Waals surface area contributed by atoms with E-state index in [2.05, 4.69) is 5.32 Å². The molecule has 0 aliphatic rings. The molecule has 8 heteroatoms. The predicted octanol–water partition coefficient (Wildman–Crippen LogP) is 5.24. The third-order valence-electron chi connectivity index (χ3n) is 5.56. The fraction of sp³-hybridized carbons (Fsp3) is 0.148. The summed E-state index contributed by atoms with van der Waals surface area (Å²) < 4.78 is 12.7. The van der Waals surface area contributed by atoms with Crippen molar-refractivity contribution in [2.45, 2.75) is 18.6 Å². The molecule has 0 fully saturated rings. The zero-order valence-corrected chi connectivity index (χ0v) is 20.1. The topological polar surface area (TPSA) is 86.4 Å². The van der Waals surface area contributed by atoms with Gasteiger partial charge in [-0.2, -0.15) is 0 Å². The Bertz CT molecular complexity index is 1610. The van der Waals surface area contributed by atoms with Gasteiger partial charge in [0.15, 0.2) is 5.16 Å². The lowest BCUT2D eigenvalue weighted by atomic mass is 10.2. The van der Waals surface area contributed by atoms with Crippen molar-refractivity contribution in [2.75, 3.05) is 18.2 Å². The van der Waals surface area contributed by atoms with Crippen molar-refractivity contribution >= 4 is 45.4 Å². The number of rotatable bonds is 7. The van der Waals surface area contributed by atoms with E-state index < -0.39 is 0 Å². The Morgan fingerprint density at radius 1 is 1.09 bits per heavy atom. The number of furan rings is 1. The summed E-state index contributed by atoms with van der Waals surface area (Å²) in [6, 6.07) is 22.5. The van der Waals surface area contributed by atoms with E-state index in [9.17, 15) is 9.59 Å². The van der Waals surface area contributed by atoms with E-state index in [4.69, 9.17) is 14.1 Å². The quantitative estimate of drug-likeness (QED) is 0.251. The van der Waals surface area contributed by atoms with E-state index in [1.165, 1.54) is 11.8 Å². The molecule has 0 aliphatic carbocycles. The maximum Gasteiger partial charge on any atom is 0.298 e. The van der Waals surface area contributed by atoms with Gasteiger partial charge < -0.3 is 14.5 Å². The minimum atomic E-state index is -0.296. The third kappa shape index (κ3) is 4.79. The number of benzene rings is 3. The van der Waals surface area contributed by atoms with Crippen LogP contribution in [0.2, 0.25) is 0 Å². The highest BCUT2D eigenvalue weighted by atomic mass is 32.2. The third-order valence-corrected chi connectivity index (χ3v) is 6.53. The molecule has 3 aromatic carbocycles. The second kappa shape index (κ2) is 9.68. The van der Waals surface area contributed by atoms with Crippen LogP contribution >= 0.6 is 11.8 Å². The number of fused-ring (bicyclic) bond motifs is 3. The first kappa shape index (κ1) is 22.7. The van der Waals surface area contributed by atoms with Gasteiger partial charge in [0.2, 0.25) is 11.5 Å². The number of carbonyl (C=O) groups excluding carboxylic acids is 1. The highest BCUT2D eigenvalue weighted by Gasteiger charge is 2.19. The second-order valence-corrected chi connectivity index (χ2v) is 9.06. The van der Waals surface area contributed by atoms with Crippen LogP contribution in [0.4, 0.5) is 5.69 Å². The number of amides is 1. The SMILES string of the molecule is COc1cccc(Cn2c(SCC(=O)Nc3cccc(C)c3)nc3c(oc4ccccc43)c2=O)c1. The van der Waals surface area contributed by atoms with Gasteiger partial charge in [0.05, 0.1) is 19.4 Å². The number of para-hydroxylation sites is 1. The molecule has 2 aromatic heterocycles. The number of nitrogens with zero attached hydrogens (tertiary/aromatic N) is 2. The number of aromatic nitrogens is 2. The van der Waals surface area contributed by atoms with E-state index in [0.717, 1.165) is 22.2 Å². The van der Waals surface area contributed by atoms with Gasteiger partial charge in [0.1, 0.15) is 16.8 Å². The summed E-state index contributed by atoms with van der Waals surface area (Å²) in [6.45, 7) is 2.23. The molecular formula is C27H23N3O4S. The normalized spacial score (nSPS) is 11.1. The van der Waals surface area contributed by atoms with Crippen molar-refractivity contribution in [3.05, 3.63) is 94.3 Å². The zero-order valence-electron chi connectivity index (χ0n) is 19.3. The van der Waals surface area contributed by atoms with Crippen LogP contribution in [-0.2, 0) is 11.3 Å². The van der Waals surface area contributed by atoms with Crippen LogP contribution in [0.25, 0.3) is 22.1 Å². The van der Waals surface area contributed by atoms with Crippen LogP contribution in [0.15, 0.2) is 87.2 Å². The molecule has 2 heterocycles. The maximum absolute atomic E-state index is 13.5. The summed E-state index contributed by atoms with van der Waals surface area (Å²) in [7, 11) is 1.60. The number of nitrogens with one attached hydrogen (secondary N) is 1. The molecule has 0 bridgehead atoms. The maximum atomic E-state index is 13.5. The molecule has 5 aromatic rings. The van der Waals surface area contributed by atoms with Crippen LogP contribution in [0.5, 0.6) is 5.75 Å². The Labute approximate surface area is 205 Å². The van der Waals surface area contributed by atoms with Gasteiger partial charge in [0.25, 0.3) is 5.56 Å². The van der Waals surface area contributed by atoms with E-state index in [1.54, 1.807) is 11.7 Å². The Balaban J connectivity index is 1.51. The molecule has 0 saturated carbocycles. The lowest BCUT2D eigenvalue weighted by molar-refractivity contribution is -0.113. The standard InChI is InChI=1S/C27H23N3O4S/c1-17-7-5-9-19(13-17)28-23(31)16-35-27-29-24-21-11-3-4-12-22(21)34-25(24)26(32)30(27)15-18-8-6-10-20(14-18)33-2/h3-14H,15-16H2,1-2H3,(H,28,31). The fourth-order valence-corrected chi connectivity index (χ4v) is 4.70. The average Bonchev–Trinajstić information content (AvgIpc) is 3.24. The number of anilines is 1. The van der Waals surface area contributed by atoms with E-state index in [1.807, 2.05) is 79.7 Å². The van der Waals surface area contributed by atoms with Gasteiger partial charge in [-0.25, -0.2) is 4.98 Å². The van der Waals surface area contributed by atoms with Crippen molar-refractivity contribution in [3.63, 3.8) is 0 Å². The minimum absolute atomic E-state index is 0.0970. The van der Waals surface area contributed by atoms with Crippen molar-refractivity contribution in [2.24, 2.45) is 0 Å². The molecule has 35 heavy (non-hydrogen) atoms. The smallest absolute Gasteiger partial charge is 0.298 e. The highest BCUT2D eigenvalue weighted by Crippen LogP contribution is 2.28. The first-order valence-corrected chi connectivity index (χ1v) is 12.0. The van der Waals surface area contributed by atoms with Crippen molar-refractivity contribution < 1.29 is 13.9 Å². The summed E-state index contributed by atoms with van der Waals surface area (Å²) in [5.74, 6) is 0.611. The van der Waals surface area contributed by atoms with Gasteiger partial charge >= 0.3 is 0 Å². The lowest BCUT2D eigenvalue weighted by Crippen LogP contribution is -2.24. The molecule has 176 valence electrons. The van der Waals surface area contributed by atoms with Gasteiger partial charge in [-0.3, -0.25) is 14.2 Å². The second-order valence-electron chi connectivity index (χ2n) is 8.12. The molecule has 5 rings (SSSR count). The van der Waals surface area contributed by atoms with Crippen LogP contribution < -0.4 is 15.6 Å². The number of ether oxygens (including phenoxy) is 1. The van der Waals surface area contributed by atoms with Crippen LogP contribution in [0.1, 0.15) is 11.1 Å². The van der Waals surface area contributed by atoms with Gasteiger partial charge in [0, 0.05) is 11.1 Å². The molecule has 0 aliphatic heterocycles. The summed E-state index contributed by atoms with van der Waals surface area (Å²) >= 11 is 1.22. The molecule has 1 amide bonds. The summed E-state index contributed by atoms with van der Waals surface area (Å²) in [5, 5.41) is 4.11. The highest BCUT2D eigenvalue weighted by molar-refractivity contribution is 7.99. The summed E-state index contributed by atoms with van der Waals surface area (Å²) in [5.41, 5.74) is 3.65. The van der Waals surface area contributed by atoms with E-state index in [0.29, 0.717) is 22.0 Å². The van der Waals surface area contributed by atoms with Crippen molar-refractivity contribution in [1.82, 2.24) is 9.55 Å². The Hall–Kier alpha value is -4.04. The molecule has 0 atom stereocenters. The number of methoxy groups -OCH3 is 1. The molecule has 0 saturated heterocycles. The number of carbonyl (C=O) groups is 1. The first-order chi connectivity index (χ1) is 17.0. The number of hydrogen-bond donors (Lipinski definition) is 1. The van der Waals surface area contributed by atoms with Crippen molar-refractivity contribution in [1.29, 1.82) is 0 Å². The monoisotopic (exact) mass is 485 g/mol. The Kier molecular flexibility index (Phi) is 6.29. The largest absolute Gasteiger partial charge is 0.497 e. The number of thioether (sulfide) groups is 1. The van der Waals surface area contributed by atoms with E-state index in [-0.39, 0.29) is 29.3 Å². The number of hydrogen-bond acceptors (Lipinski definition) is 6. The minimum Gasteiger partial charge on any atom is -0.497 e. The van der Waals surface area contributed by atoms with Gasteiger partial charge in [-0.1, -0.05) is 48.2 Å². The molecule has 0 unspecified atom stereocenters. The molecule has 0 spiro atoms. The van der Waals surface area contributed by atoms with Gasteiger partial charge in [-0.15, -0.1) is 0 Å². The average molecular weight is 486 g/mol. The number of aryl methyl sites for hydroxylation is 1. The zero-order chi connectivity index (χ0) is 24.4. The molecule has 1 N–H and O–H groups in total. The Morgan fingerprint density at radius 3 is 2.74 bits per heavy atom. The van der Waals surface area contributed by atoms with Crippen LogP contribution in [0, 0.1) is 6.92 Å². The predicted molar refractivity (Wildman–Crippen MR) is 138 cm³/mol. The lowest BCUT2D eigenvalue weighted by Gasteiger charge is -2.12. The summed E-state index contributed by atoms with van der Waals surface area (Å²) in [6.07, 6.45) is 0. The van der Waals surface area contributed by atoms with Crippen molar-refractivity contribution in [3.8, 4) is 5.75 Å². The Morgan fingerprint density at radius 2 is 1.91 bits per heavy atom. The van der Waals surface area contributed by atoms with E-state index >= 15 is 0 Å². The molecular weight excluding hydrogens is 462 g/mol. The fourth-order valence-electron chi connectivity index (χ4n) is 3.91. The van der Waals surface area contributed by atoms with Crippen LogP contribution in [-0.4, -0.2) is 28.3 Å². The summed E-state index contributed by atoms with van der Waals surface area (Å²) in [4.78, 5) is 31.0.